The van der Waals surface area contributed by atoms with Gasteiger partial charge < -0.3 is 4.57 Å². The molecule has 0 bridgehead atoms. The van der Waals surface area contributed by atoms with E-state index in [1.807, 2.05) is 24.3 Å². The molecular formula is C18H10Br2N3+. The highest BCUT2D eigenvalue weighted by atomic mass is 79.9. The summed E-state index contributed by atoms with van der Waals surface area (Å²) < 4.78 is 4.32. The van der Waals surface area contributed by atoms with E-state index in [4.69, 9.17) is 5.39 Å². The quantitative estimate of drug-likeness (QED) is 0.307. The summed E-state index contributed by atoms with van der Waals surface area (Å²) in [4.78, 5) is 3.22. The molecule has 1 aromatic heterocycles. The average molecular weight is 428 g/mol. The monoisotopic (exact) mass is 426 g/mol. The highest BCUT2D eigenvalue weighted by Crippen LogP contribution is 2.35. The van der Waals surface area contributed by atoms with Gasteiger partial charge in [0.15, 0.2) is 4.98 Å². The molecule has 4 aromatic rings. The molecule has 0 aliphatic heterocycles. The minimum Gasteiger partial charge on any atom is -0.309 e. The molecule has 0 fully saturated rings. The lowest BCUT2D eigenvalue weighted by Crippen LogP contribution is -1.92. The Hall–Kier alpha value is -2.16. The van der Waals surface area contributed by atoms with E-state index in [0.717, 1.165) is 25.7 Å². The van der Waals surface area contributed by atoms with Gasteiger partial charge in [0.25, 0.3) is 0 Å². The van der Waals surface area contributed by atoms with Crippen LogP contribution in [0.25, 0.3) is 32.5 Å². The van der Waals surface area contributed by atoms with Crippen LogP contribution in [0, 0.1) is 5.39 Å². The van der Waals surface area contributed by atoms with E-state index in [2.05, 4.69) is 65.7 Å². The maximum atomic E-state index is 8.87. The van der Waals surface area contributed by atoms with Gasteiger partial charge in [-0.1, -0.05) is 31.9 Å². The number of hydrogen-bond acceptors (Lipinski definition) is 1. The first-order valence-electron chi connectivity index (χ1n) is 7.02. The van der Waals surface area contributed by atoms with E-state index < -0.39 is 0 Å². The van der Waals surface area contributed by atoms with Crippen molar-refractivity contribution in [3.05, 3.63) is 74.6 Å². The van der Waals surface area contributed by atoms with Crippen molar-refractivity contribution in [2.75, 3.05) is 0 Å². The summed E-state index contributed by atoms with van der Waals surface area (Å²) in [6, 6.07) is 20.1. The van der Waals surface area contributed by atoms with Gasteiger partial charge in [0.05, 0.1) is 11.0 Å². The zero-order valence-corrected chi connectivity index (χ0v) is 15.0. The number of benzene rings is 3. The maximum Gasteiger partial charge on any atom is 0.385 e. The van der Waals surface area contributed by atoms with Crippen molar-refractivity contribution in [3.63, 3.8) is 0 Å². The zero-order chi connectivity index (χ0) is 16.0. The average Bonchev–Trinajstić information content (AvgIpc) is 2.88. The Morgan fingerprint density at radius 3 is 1.74 bits per heavy atom. The molecule has 0 N–H and O–H groups in total. The standard InChI is InChI=1S/C18H10Br2N3/c19-11-1-7-17-15(9-11)16-10-12(20)2-8-18(16)23(17)14-5-3-13(22-21)4-6-14/h1-10H/q+1. The first-order valence-corrected chi connectivity index (χ1v) is 8.61. The van der Waals surface area contributed by atoms with Gasteiger partial charge in [-0.2, -0.15) is 0 Å². The zero-order valence-electron chi connectivity index (χ0n) is 11.9. The number of hydrogen-bond donors (Lipinski definition) is 0. The molecule has 0 saturated carbocycles. The Labute approximate surface area is 149 Å². The molecule has 3 nitrogen and oxygen atoms in total. The fourth-order valence-corrected chi connectivity index (χ4v) is 3.64. The molecular weight excluding hydrogens is 418 g/mol. The van der Waals surface area contributed by atoms with Gasteiger partial charge in [0.1, 0.15) is 0 Å². The van der Waals surface area contributed by atoms with E-state index in [0.29, 0.717) is 5.69 Å². The van der Waals surface area contributed by atoms with Gasteiger partial charge in [-0.15, -0.1) is 0 Å². The van der Waals surface area contributed by atoms with Crippen LogP contribution < -0.4 is 0 Å². The number of aromatic nitrogens is 1. The fourth-order valence-electron chi connectivity index (χ4n) is 2.91. The van der Waals surface area contributed by atoms with Crippen LogP contribution in [0.2, 0.25) is 0 Å². The van der Waals surface area contributed by atoms with E-state index in [1.165, 1.54) is 10.8 Å². The Balaban J connectivity index is 2.13. The number of diazo groups is 1. The molecule has 0 saturated heterocycles. The predicted octanol–water partition coefficient (Wildman–Crippen LogP) is 6.79. The van der Waals surface area contributed by atoms with Crippen molar-refractivity contribution in [3.8, 4) is 5.69 Å². The SMILES string of the molecule is N#[N+]c1ccc(-n2c3ccc(Br)cc3c3cc(Br)ccc32)cc1. The van der Waals surface area contributed by atoms with Gasteiger partial charge in [0.2, 0.25) is 5.39 Å². The third-order valence-corrected chi connectivity index (χ3v) is 4.90. The molecule has 0 atom stereocenters. The minimum atomic E-state index is 0.542. The Morgan fingerprint density at radius 2 is 1.26 bits per heavy atom. The van der Waals surface area contributed by atoms with Gasteiger partial charge in [0, 0.05) is 37.5 Å². The van der Waals surface area contributed by atoms with Crippen LogP contribution in [0.4, 0.5) is 5.69 Å². The minimum absolute atomic E-state index is 0.542. The summed E-state index contributed by atoms with van der Waals surface area (Å²) >= 11 is 7.12. The van der Waals surface area contributed by atoms with Gasteiger partial charge >= 0.3 is 5.69 Å². The topological polar surface area (TPSA) is 33.1 Å². The van der Waals surface area contributed by atoms with E-state index in [1.54, 1.807) is 12.1 Å². The molecule has 1 heterocycles. The highest BCUT2D eigenvalue weighted by Gasteiger charge is 2.14. The summed E-state index contributed by atoms with van der Waals surface area (Å²) in [6.07, 6.45) is 0. The maximum absolute atomic E-state index is 8.87. The van der Waals surface area contributed by atoms with Crippen molar-refractivity contribution < 1.29 is 0 Å². The van der Waals surface area contributed by atoms with Gasteiger partial charge in [-0.05, 0) is 48.5 Å². The lowest BCUT2D eigenvalue weighted by molar-refractivity contribution is 1.18. The molecule has 0 radical (unpaired) electrons. The molecule has 0 aliphatic rings. The van der Waals surface area contributed by atoms with Crippen LogP contribution in [0.1, 0.15) is 0 Å². The number of rotatable bonds is 1. The number of halogens is 2. The molecule has 23 heavy (non-hydrogen) atoms. The Kier molecular flexibility index (Phi) is 3.44. The fraction of sp³-hybridized carbons (Fsp3) is 0. The number of nitrogens with zero attached hydrogens (tertiary/aromatic N) is 3. The van der Waals surface area contributed by atoms with Crippen LogP contribution in [-0.4, -0.2) is 4.57 Å². The molecule has 0 spiro atoms. The van der Waals surface area contributed by atoms with Gasteiger partial charge in [-0.3, -0.25) is 0 Å². The lowest BCUT2D eigenvalue weighted by Gasteiger charge is -2.06. The smallest absolute Gasteiger partial charge is 0.309 e. The van der Waals surface area contributed by atoms with E-state index >= 15 is 0 Å². The van der Waals surface area contributed by atoms with Crippen LogP contribution in [0.15, 0.2) is 69.6 Å². The molecule has 4 rings (SSSR count). The summed E-state index contributed by atoms with van der Waals surface area (Å²) in [7, 11) is 0. The van der Waals surface area contributed by atoms with Crippen molar-refractivity contribution in [1.82, 2.24) is 4.57 Å². The molecule has 0 aliphatic carbocycles. The van der Waals surface area contributed by atoms with Crippen LogP contribution in [-0.2, 0) is 0 Å². The second-order valence-corrected chi connectivity index (χ2v) is 7.11. The van der Waals surface area contributed by atoms with Crippen molar-refractivity contribution >= 4 is 59.4 Å². The summed E-state index contributed by atoms with van der Waals surface area (Å²) in [5, 5.41) is 11.2. The van der Waals surface area contributed by atoms with Crippen LogP contribution in [0.3, 0.4) is 0 Å². The van der Waals surface area contributed by atoms with Crippen molar-refractivity contribution in [1.29, 1.82) is 5.39 Å². The summed E-state index contributed by atoms with van der Waals surface area (Å²) in [5.41, 5.74) is 3.84. The predicted molar refractivity (Wildman–Crippen MR) is 101 cm³/mol. The van der Waals surface area contributed by atoms with E-state index in [-0.39, 0.29) is 0 Å². The normalized spacial score (nSPS) is 11.0. The summed E-state index contributed by atoms with van der Waals surface area (Å²) in [6.45, 7) is 0. The van der Waals surface area contributed by atoms with E-state index in [9.17, 15) is 0 Å². The second-order valence-electron chi connectivity index (χ2n) is 5.27. The summed E-state index contributed by atoms with van der Waals surface area (Å²) in [5.74, 6) is 0. The first-order chi connectivity index (χ1) is 11.2. The van der Waals surface area contributed by atoms with Crippen LogP contribution >= 0.6 is 31.9 Å². The second kappa shape index (κ2) is 5.48. The Morgan fingerprint density at radius 1 is 0.739 bits per heavy atom. The molecule has 110 valence electrons. The first kappa shape index (κ1) is 14.4. The largest absolute Gasteiger partial charge is 0.385 e. The highest BCUT2D eigenvalue weighted by molar-refractivity contribution is 9.10. The van der Waals surface area contributed by atoms with Crippen molar-refractivity contribution in [2.24, 2.45) is 0 Å². The number of fused-ring (bicyclic) bond motifs is 3. The lowest BCUT2D eigenvalue weighted by atomic mass is 10.2. The van der Waals surface area contributed by atoms with Crippen LogP contribution in [0.5, 0.6) is 0 Å². The molecule has 3 aromatic carbocycles. The molecule has 0 amide bonds. The molecule has 5 heteroatoms. The van der Waals surface area contributed by atoms with Crippen molar-refractivity contribution in [2.45, 2.75) is 0 Å². The van der Waals surface area contributed by atoms with Gasteiger partial charge in [-0.25, -0.2) is 0 Å². The third kappa shape index (κ3) is 2.35. The third-order valence-electron chi connectivity index (χ3n) is 3.91. The Bertz CT molecular complexity index is 1030. The molecule has 0 unspecified atom stereocenters.